The van der Waals surface area contributed by atoms with Crippen LogP contribution in [0.3, 0.4) is 0 Å². The molecule has 0 fully saturated rings. The molecule has 9 nitrogen and oxygen atoms in total. The van der Waals surface area contributed by atoms with Crippen LogP contribution in [0.4, 0.5) is 0 Å². The maximum Gasteiger partial charge on any atom is 0.216 e. The first-order valence-corrected chi connectivity index (χ1v) is 19.3. The number of ketones is 2. The third-order valence-electron chi connectivity index (χ3n) is 8.59. The zero-order valence-electron chi connectivity index (χ0n) is 35.7. The number of carbonyl (C=O) groups is 2. The lowest BCUT2D eigenvalue weighted by molar-refractivity contribution is 0.100. The molecule has 0 aliphatic heterocycles. The second kappa shape index (κ2) is 22.7. The summed E-state index contributed by atoms with van der Waals surface area (Å²) in [6, 6.07) is 41.3. The van der Waals surface area contributed by atoms with Gasteiger partial charge in [-0.1, -0.05) is 92.0 Å². The lowest BCUT2D eigenvalue weighted by Crippen LogP contribution is -2.03. The van der Waals surface area contributed by atoms with Crippen LogP contribution in [0, 0.1) is 13.8 Å². The van der Waals surface area contributed by atoms with E-state index in [1.54, 1.807) is 44.6 Å². The van der Waals surface area contributed by atoms with Gasteiger partial charge in [-0.15, -0.1) is 0 Å². The molecule has 3 aromatic heterocycles. The number of hydrogen-bond acceptors (Lipinski definition) is 9. The Morgan fingerprint density at radius 1 is 0.483 bits per heavy atom. The maximum atomic E-state index is 10.8. The maximum absolute atomic E-state index is 10.8. The molecule has 7 rings (SSSR count). The zero-order chi connectivity index (χ0) is 43.6. The molecule has 0 bridgehead atoms. The van der Waals surface area contributed by atoms with Crippen LogP contribution in [0.5, 0.6) is 23.3 Å². The number of nitrogens with zero attached hydrogens (tertiary/aromatic N) is 3. The highest BCUT2D eigenvalue weighted by atomic mass is 16.5. The van der Waals surface area contributed by atoms with E-state index in [9.17, 15) is 9.59 Å². The van der Waals surface area contributed by atoms with Crippen LogP contribution < -0.4 is 18.9 Å². The lowest BCUT2D eigenvalue weighted by Gasteiger charge is -2.20. The van der Waals surface area contributed by atoms with E-state index in [-0.39, 0.29) is 11.6 Å². The molecule has 9 heteroatoms. The van der Waals surface area contributed by atoms with Gasteiger partial charge in [-0.05, 0) is 96.8 Å². The molecule has 308 valence electrons. The fraction of sp³-hybridized carbons (Fsp3) is 0.196. The molecule has 0 spiro atoms. The van der Waals surface area contributed by atoms with Crippen molar-refractivity contribution in [2.75, 3.05) is 27.4 Å². The smallest absolute Gasteiger partial charge is 0.216 e. The SMILES string of the molecule is C=C(C)COc1ccc2ccccc2c1-c1c(OCC(=C)C)ccc2ccccc12.CC(=O)c1cccc(C(C)=O)n1.COc1cccc(OC)n1.Cc1cccc(C)n1. The number of aromatic nitrogens is 3. The molecule has 0 aliphatic carbocycles. The second-order valence-corrected chi connectivity index (χ2v) is 14.0. The number of aryl methyl sites for hydroxylation is 2. The summed E-state index contributed by atoms with van der Waals surface area (Å²) in [4.78, 5) is 33.7. The second-order valence-electron chi connectivity index (χ2n) is 14.0. The van der Waals surface area contributed by atoms with E-state index in [4.69, 9.17) is 18.9 Å². The van der Waals surface area contributed by atoms with Crippen LogP contribution in [0.15, 0.2) is 152 Å². The van der Waals surface area contributed by atoms with Gasteiger partial charge in [0.05, 0.1) is 14.2 Å². The van der Waals surface area contributed by atoms with Gasteiger partial charge in [0.15, 0.2) is 11.6 Å². The summed E-state index contributed by atoms with van der Waals surface area (Å²) >= 11 is 0. The van der Waals surface area contributed by atoms with Crippen molar-refractivity contribution < 1.29 is 28.5 Å². The summed E-state index contributed by atoms with van der Waals surface area (Å²) in [5.41, 5.74) is 6.89. The fourth-order valence-electron chi connectivity index (χ4n) is 5.79. The Morgan fingerprint density at radius 2 is 0.883 bits per heavy atom. The third kappa shape index (κ3) is 13.5. The molecule has 4 aromatic carbocycles. The number of ether oxygens (including phenoxy) is 4. The first kappa shape index (κ1) is 45.6. The Bertz CT molecular complexity index is 2420. The summed E-state index contributed by atoms with van der Waals surface area (Å²) in [5.74, 6) is 2.54. The molecule has 0 radical (unpaired) electrons. The zero-order valence-corrected chi connectivity index (χ0v) is 35.7. The number of Topliss-reactive ketones (excluding diaryl/α,β-unsaturated/α-hetero) is 2. The minimum absolute atomic E-state index is 0.127. The van der Waals surface area contributed by atoms with Gasteiger partial charge >= 0.3 is 0 Å². The van der Waals surface area contributed by atoms with Crippen molar-refractivity contribution in [1.82, 2.24) is 15.0 Å². The van der Waals surface area contributed by atoms with Crippen molar-refractivity contribution in [2.45, 2.75) is 41.5 Å². The molecule has 3 heterocycles. The minimum Gasteiger partial charge on any atom is -0.489 e. The van der Waals surface area contributed by atoms with E-state index in [1.807, 2.05) is 64.1 Å². The number of methoxy groups -OCH3 is 2. The highest BCUT2D eigenvalue weighted by molar-refractivity contribution is 6.09. The van der Waals surface area contributed by atoms with Crippen molar-refractivity contribution in [1.29, 1.82) is 0 Å². The van der Waals surface area contributed by atoms with Crippen molar-refractivity contribution in [2.24, 2.45) is 0 Å². The van der Waals surface area contributed by atoms with Gasteiger partial charge in [-0.2, -0.15) is 4.98 Å². The largest absolute Gasteiger partial charge is 0.489 e. The van der Waals surface area contributed by atoms with Crippen LogP contribution in [0.1, 0.15) is 60.1 Å². The number of rotatable bonds is 11. The van der Waals surface area contributed by atoms with Gasteiger partial charge in [0, 0.05) is 48.5 Å². The molecule has 0 saturated carbocycles. The number of benzene rings is 4. The topological polar surface area (TPSA) is 110 Å². The van der Waals surface area contributed by atoms with E-state index in [0.717, 1.165) is 66.7 Å². The highest BCUT2D eigenvalue weighted by Crippen LogP contribution is 2.45. The van der Waals surface area contributed by atoms with Gasteiger partial charge in [0.2, 0.25) is 11.8 Å². The van der Waals surface area contributed by atoms with Gasteiger partial charge in [0.25, 0.3) is 0 Å². The average Bonchev–Trinajstić information content (AvgIpc) is 3.25. The summed E-state index contributed by atoms with van der Waals surface area (Å²) < 4.78 is 22.2. The molecule has 0 saturated heterocycles. The van der Waals surface area contributed by atoms with Gasteiger partial charge < -0.3 is 18.9 Å². The predicted molar refractivity (Wildman–Crippen MR) is 243 cm³/mol. The quantitative estimate of drug-likeness (QED) is 0.0932. The summed E-state index contributed by atoms with van der Waals surface area (Å²) in [7, 11) is 3.14. The molecular weight excluding hydrogens is 751 g/mol. The normalized spacial score (nSPS) is 10.1. The summed E-state index contributed by atoms with van der Waals surface area (Å²) in [5, 5.41) is 4.59. The van der Waals surface area contributed by atoms with Crippen molar-refractivity contribution in [3.8, 4) is 34.4 Å². The lowest BCUT2D eigenvalue weighted by atomic mass is 9.92. The molecule has 0 amide bonds. The first-order chi connectivity index (χ1) is 28.8. The summed E-state index contributed by atoms with van der Waals surface area (Å²) in [6.45, 7) is 19.7. The average molecular weight is 804 g/mol. The Labute approximate surface area is 353 Å². The van der Waals surface area contributed by atoms with Gasteiger partial charge in [-0.3, -0.25) is 14.6 Å². The number of carbonyl (C=O) groups excluding carboxylic acids is 2. The summed E-state index contributed by atoms with van der Waals surface area (Å²) in [6.07, 6.45) is 0. The van der Waals surface area contributed by atoms with E-state index in [1.165, 1.54) is 13.8 Å². The van der Waals surface area contributed by atoms with Crippen LogP contribution in [0.2, 0.25) is 0 Å². The van der Waals surface area contributed by atoms with Gasteiger partial charge in [0.1, 0.15) is 36.1 Å². The standard InChI is InChI=1S/C28H26O2.C9H9NO2.C7H9NO2.C7H9N/c1-19(2)17-29-25-15-13-21-9-5-7-11-23(21)27(25)28-24-12-8-6-10-22(24)14-16-26(28)30-18-20(3)4;1-6(11)8-4-3-5-9(10-8)7(2)12;1-9-6-4-3-5-7(8-6)10-2;1-6-4-3-5-7(2)8-6/h5-16H,1,3,17-18H2,2,4H3;3-5H,1-2H3;3-5H,1-2H3;3-5H,1-2H3. The Morgan fingerprint density at radius 3 is 1.25 bits per heavy atom. The minimum atomic E-state index is -0.127. The Kier molecular flexibility index (Phi) is 17.3. The van der Waals surface area contributed by atoms with Crippen molar-refractivity contribution in [3.63, 3.8) is 0 Å². The molecule has 0 unspecified atom stereocenters. The Hall–Kier alpha value is -7.13. The number of hydrogen-bond donors (Lipinski definition) is 0. The molecule has 0 aliphatic rings. The van der Waals surface area contributed by atoms with Gasteiger partial charge in [-0.25, -0.2) is 4.98 Å². The van der Waals surface area contributed by atoms with Crippen LogP contribution in [0.25, 0.3) is 32.7 Å². The molecule has 7 aromatic rings. The predicted octanol–water partition coefficient (Wildman–Crippen LogP) is 11.9. The van der Waals surface area contributed by atoms with E-state index < -0.39 is 0 Å². The first-order valence-electron chi connectivity index (χ1n) is 19.3. The van der Waals surface area contributed by atoms with E-state index >= 15 is 0 Å². The number of pyridine rings is 3. The van der Waals surface area contributed by atoms with Crippen molar-refractivity contribution >= 4 is 33.1 Å². The molecular formula is C51H53N3O6. The van der Waals surface area contributed by atoms with E-state index in [2.05, 4.69) is 88.8 Å². The molecule has 60 heavy (non-hydrogen) atoms. The molecule has 0 atom stereocenters. The number of fused-ring (bicyclic) bond motifs is 2. The van der Waals surface area contributed by atoms with Crippen LogP contribution >= 0.6 is 0 Å². The van der Waals surface area contributed by atoms with Crippen LogP contribution in [-0.4, -0.2) is 54.0 Å². The van der Waals surface area contributed by atoms with Crippen molar-refractivity contribution in [3.05, 3.63) is 174 Å². The van der Waals surface area contributed by atoms with E-state index in [0.29, 0.717) is 36.4 Å². The highest BCUT2D eigenvalue weighted by Gasteiger charge is 2.19. The fourth-order valence-corrected chi connectivity index (χ4v) is 5.79. The monoisotopic (exact) mass is 803 g/mol. The third-order valence-corrected chi connectivity index (χ3v) is 8.59. The van der Waals surface area contributed by atoms with Crippen LogP contribution in [-0.2, 0) is 0 Å². The molecule has 0 N–H and O–H groups in total. The Balaban J connectivity index is 0.000000215.